The van der Waals surface area contributed by atoms with Crippen LogP contribution in [-0.4, -0.2) is 9.55 Å². The van der Waals surface area contributed by atoms with Gasteiger partial charge in [-0.3, -0.25) is 0 Å². The quantitative estimate of drug-likeness (QED) is 0.862. The van der Waals surface area contributed by atoms with E-state index in [2.05, 4.69) is 11.1 Å². The number of anilines is 1. The first-order chi connectivity index (χ1) is 7.31. The van der Waals surface area contributed by atoms with Gasteiger partial charge in [-0.1, -0.05) is 18.2 Å². The molecule has 0 unspecified atom stereocenters. The Labute approximate surface area is 99.7 Å². The molecule has 2 rings (SSSR count). The molecular formula is C11H11ClN4. The third kappa shape index (κ3) is 2.33. The molecule has 5 heteroatoms. The summed E-state index contributed by atoms with van der Waals surface area (Å²) in [5, 5.41) is 8.91. The molecule has 0 amide bonds. The summed E-state index contributed by atoms with van der Waals surface area (Å²) >= 11 is 0. The van der Waals surface area contributed by atoms with Crippen molar-refractivity contribution in [3.8, 4) is 6.07 Å². The first-order valence-corrected chi connectivity index (χ1v) is 4.55. The van der Waals surface area contributed by atoms with Crippen molar-refractivity contribution in [2.24, 2.45) is 0 Å². The highest BCUT2D eigenvalue weighted by molar-refractivity contribution is 5.85. The molecule has 2 N–H and O–H groups in total. The van der Waals surface area contributed by atoms with Gasteiger partial charge >= 0.3 is 0 Å². The van der Waals surface area contributed by atoms with Crippen molar-refractivity contribution in [2.75, 3.05) is 5.73 Å². The molecule has 1 heterocycles. The molecule has 16 heavy (non-hydrogen) atoms. The van der Waals surface area contributed by atoms with Crippen molar-refractivity contribution in [2.45, 2.75) is 6.54 Å². The molecule has 0 bridgehead atoms. The fourth-order valence-corrected chi connectivity index (χ4v) is 1.41. The maximum atomic E-state index is 8.91. The molecule has 2 aromatic rings. The van der Waals surface area contributed by atoms with Crippen LogP contribution in [0.3, 0.4) is 0 Å². The standard InChI is InChI=1S/C11H10N4.ClH/c12-5-9-3-1-2-4-10(9)7-15-8-14-6-11(15)13;/h1-4,6,8H,7,13H2;1H. The van der Waals surface area contributed by atoms with Gasteiger partial charge in [0.15, 0.2) is 0 Å². The van der Waals surface area contributed by atoms with Crippen LogP contribution in [0, 0.1) is 11.3 Å². The second-order valence-electron chi connectivity index (χ2n) is 3.22. The van der Waals surface area contributed by atoms with Crippen molar-refractivity contribution in [3.63, 3.8) is 0 Å². The largest absolute Gasteiger partial charge is 0.384 e. The Morgan fingerprint density at radius 2 is 2.12 bits per heavy atom. The van der Waals surface area contributed by atoms with E-state index < -0.39 is 0 Å². The van der Waals surface area contributed by atoms with Crippen LogP contribution in [-0.2, 0) is 6.54 Å². The smallest absolute Gasteiger partial charge is 0.123 e. The molecule has 0 radical (unpaired) electrons. The SMILES string of the molecule is Cl.N#Cc1ccccc1Cn1cncc1N. The van der Waals surface area contributed by atoms with Crippen LogP contribution < -0.4 is 5.73 Å². The lowest BCUT2D eigenvalue weighted by molar-refractivity contribution is 0.805. The lowest BCUT2D eigenvalue weighted by Crippen LogP contribution is -2.03. The van der Waals surface area contributed by atoms with Crippen molar-refractivity contribution >= 4 is 18.2 Å². The summed E-state index contributed by atoms with van der Waals surface area (Å²) in [6.45, 7) is 0.579. The molecule has 0 saturated heterocycles. The van der Waals surface area contributed by atoms with Gasteiger partial charge in [0.05, 0.1) is 30.7 Å². The van der Waals surface area contributed by atoms with Crippen molar-refractivity contribution in [3.05, 3.63) is 47.9 Å². The Kier molecular flexibility index (Phi) is 3.92. The molecule has 1 aromatic carbocycles. The number of nitrogen functional groups attached to an aromatic ring is 1. The molecule has 0 aliphatic heterocycles. The highest BCUT2D eigenvalue weighted by Crippen LogP contribution is 2.11. The van der Waals surface area contributed by atoms with Gasteiger partial charge in [0.25, 0.3) is 0 Å². The average molecular weight is 235 g/mol. The third-order valence-corrected chi connectivity index (χ3v) is 2.22. The molecular weight excluding hydrogens is 224 g/mol. The maximum absolute atomic E-state index is 8.91. The summed E-state index contributed by atoms with van der Waals surface area (Å²) in [6.07, 6.45) is 3.25. The van der Waals surface area contributed by atoms with E-state index in [1.807, 2.05) is 18.2 Å². The summed E-state index contributed by atoms with van der Waals surface area (Å²) in [5.41, 5.74) is 7.32. The number of hydrogen-bond donors (Lipinski definition) is 1. The van der Waals surface area contributed by atoms with E-state index in [1.165, 1.54) is 0 Å². The van der Waals surface area contributed by atoms with Gasteiger partial charge < -0.3 is 10.3 Å². The highest BCUT2D eigenvalue weighted by atomic mass is 35.5. The van der Waals surface area contributed by atoms with Gasteiger partial charge in [-0.2, -0.15) is 5.26 Å². The number of nitriles is 1. The number of nitrogens with zero attached hydrogens (tertiary/aromatic N) is 3. The van der Waals surface area contributed by atoms with Gasteiger partial charge in [0, 0.05) is 0 Å². The van der Waals surface area contributed by atoms with Crippen LogP contribution in [0.15, 0.2) is 36.8 Å². The summed E-state index contributed by atoms with van der Waals surface area (Å²) < 4.78 is 1.80. The first-order valence-electron chi connectivity index (χ1n) is 4.55. The van der Waals surface area contributed by atoms with E-state index in [-0.39, 0.29) is 12.4 Å². The topological polar surface area (TPSA) is 67.6 Å². The number of aromatic nitrogens is 2. The van der Waals surface area contributed by atoms with E-state index >= 15 is 0 Å². The van der Waals surface area contributed by atoms with Gasteiger partial charge in [0.2, 0.25) is 0 Å². The Bertz CT molecular complexity index is 513. The number of imidazole rings is 1. The zero-order chi connectivity index (χ0) is 10.7. The maximum Gasteiger partial charge on any atom is 0.123 e. The summed E-state index contributed by atoms with van der Waals surface area (Å²) in [7, 11) is 0. The van der Waals surface area contributed by atoms with Gasteiger partial charge in [-0.05, 0) is 11.6 Å². The fourth-order valence-electron chi connectivity index (χ4n) is 1.41. The Morgan fingerprint density at radius 3 is 2.75 bits per heavy atom. The van der Waals surface area contributed by atoms with E-state index in [9.17, 15) is 0 Å². The monoisotopic (exact) mass is 234 g/mol. The average Bonchev–Trinajstić information content (AvgIpc) is 2.65. The minimum Gasteiger partial charge on any atom is -0.384 e. The predicted octanol–water partition coefficient (Wildman–Crippen LogP) is 1.81. The predicted molar refractivity (Wildman–Crippen MR) is 64.1 cm³/mol. The van der Waals surface area contributed by atoms with Crippen LogP contribution in [0.5, 0.6) is 0 Å². The Morgan fingerprint density at radius 1 is 1.38 bits per heavy atom. The number of hydrogen-bond acceptors (Lipinski definition) is 3. The normalized spacial score (nSPS) is 9.19. The van der Waals surface area contributed by atoms with Crippen LogP contribution in [0.4, 0.5) is 5.82 Å². The summed E-state index contributed by atoms with van der Waals surface area (Å²) in [4.78, 5) is 3.93. The Balaban J connectivity index is 0.00000128. The number of rotatable bonds is 2. The second kappa shape index (κ2) is 5.19. The van der Waals surface area contributed by atoms with Gasteiger partial charge in [-0.25, -0.2) is 4.98 Å². The first kappa shape index (κ1) is 12.1. The summed E-state index contributed by atoms with van der Waals surface area (Å²) in [5.74, 6) is 0.600. The molecule has 0 spiro atoms. The Hall–Kier alpha value is -1.99. The molecule has 0 atom stereocenters. The minimum atomic E-state index is 0. The molecule has 0 aliphatic rings. The van der Waals surface area contributed by atoms with Crippen molar-refractivity contribution in [1.29, 1.82) is 5.26 Å². The van der Waals surface area contributed by atoms with Crippen LogP contribution in [0.25, 0.3) is 0 Å². The number of nitrogens with two attached hydrogens (primary N) is 1. The third-order valence-electron chi connectivity index (χ3n) is 2.22. The van der Waals surface area contributed by atoms with Crippen molar-refractivity contribution in [1.82, 2.24) is 9.55 Å². The molecule has 0 saturated carbocycles. The number of halogens is 1. The van der Waals surface area contributed by atoms with E-state index in [0.29, 0.717) is 17.9 Å². The molecule has 1 aromatic heterocycles. The minimum absolute atomic E-state index is 0. The molecule has 4 nitrogen and oxygen atoms in total. The van der Waals surface area contributed by atoms with E-state index in [4.69, 9.17) is 11.0 Å². The van der Waals surface area contributed by atoms with Gasteiger partial charge in [0.1, 0.15) is 5.82 Å². The van der Waals surface area contributed by atoms with Crippen LogP contribution in [0.1, 0.15) is 11.1 Å². The van der Waals surface area contributed by atoms with E-state index in [0.717, 1.165) is 5.56 Å². The molecule has 0 fully saturated rings. The fraction of sp³-hybridized carbons (Fsp3) is 0.0909. The van der Waals surface area contributed by atoms with Crippen molar-refractivity contribution < 1.29 is 0 Å². The van der Waals surface area contributed by atoms with Crippen LogP contribution in [0.2, 0.25) is 0 Å². The van der Waals surface area contributed by atoms with E-state index in [1.54, 1.807) is 23.2 Å². The zero-order valence-corrected chi connectivity index (χ0v) is 9.31. The van der Waals surface area contributed by atoms with Gasteiger partial charge in [-0.15, -0.1) is 12.4 Å². The zero-order valence-electron chi connectivity index (χ0n) is 8.50. The molecule has 0 aliphatic carbocycles. The van der Waals surface area contributed by atoms with Crippen LogP contribution >= 0.6 is 12.4 Å². The lowest BCUT2D eigenvalue weighted by Gasteiger charge is -2.06. The summed E-state index contributed by atoms with van der Waals surface area (Å²) in [6, 6.07) is 9.61. The molecule has 82 valence electrons. The number of benzene rings is 1. The second-order valence-corrected chi connectivity index (χ2v) is 3.22. The lowest BCUT2D eigenvalue weighted by atomic mass is 10.1. The highest BCUT2D eigenvalue weighted by Gasteiger charge is 2.03.